The van der Waals surface area contributed by atoms with Crippen molar-refractivity contribution in [3.63, 3.8) is 0 Å². The highest BCUT2D eigenvalue weighted by Crippen LogP contribution is 2.18. The van der Waals surface area contributed by atoms with Crippen LogP contribution in [0.15, 0.2) is 60.7 Å². The van der Waals surface area contributed by atoms with Gasteiger partial charge in [-0.3, -0.25) is 4.79 Å². The Hall–Kier alpha value is -3.02. The molecule has 0 aliphatic carbocycles. The van der Waals surface area contributed by atoms with E-state index in [0.717, 1.165) is 5.56 Å². The molecular formula is C15H13N5O. The lowest BCUT2D eigenvalue weighted by atomic mass is 10.1. The molecule has 0 radical (unpaired) electrons. The highest BCUT2D eigenvalue weighted by Gasteiger charge is 2.21. The largest absolute Gasteiger partial charge is 0.338 e. The van der Waals surface area contributed by atoms with Gasteiger partial charge in [-0.25, -0.2) is 0 Å². The minimum absolute atomic E-state index is 0.186. The van der Waals surface area contributed by atoms with Crippen molar-refractivity contribution >= 4 is 5.91 Å². The maximum absolute atomic E-state index is 12.3. The summed E-state index contributed by atoms with van der Waals surface area (Å²) < 4.78 is 0. The van der Waals surface area contributed by atoms with Crippen LogP contribution in [0, 0.1) is 0 Å². The highest BCUT2D eigenvalue weighted by atomic mass is 16.1. The van der Waals surface area contributed by atoms with Gasteiger partial charge in [0.2, 0.25) is 5.82 Å². The van der Waals surface area contributed by atoms with Crippen LogP contribution in [0.3, 0.4) is 0 Å². The molecule has 1 aromatic heterocycles. The standard InChI is InChI=1S/C15H13N5O/c21-15(12-9-5-2-6-10-12)16-13(14-17-19-20-18-14)11-7-3-1-4-8-11/h1-10,13H,(H,16,21)(H,17,18,19,20)/t13-/m0/s1. The first-order chi connectivity index (χ1) is 10.3. The third-order valence-electron chi connectivity index (χ3n) is 3.06. The molecule has 21 heavy (non-hydrogen) atoms. The van der Waals surface area contributed by atoms with E-state index < -0.39 is 6.04 Å². The SMILES string of the molecule is O=C(N[C@@H](c1ccccc1)c1nn[nH]n1)c1ccccc1. The average molecular weight is 279 g/mol. The molecule has 0 aliphatic heterocycles. The molecule has 1 amide bonds. The maximum atomic E-state index is 12.3. The van der Waals surface area contributed by atoms with E-state index in [0.29, 0.717) is 11.4 Å². The van der Waals surface area contributed by atoms with E-state index in [9.17, 15) is 4.79 Å². The van der Waals surface area contributed by atoms with Crippen LogP contribution in [-0.2, 0) is 0 Å². The van der Waals surface area contributed by atoms with Gasteiger partial charge in [0.1, 0.15) is 6.04 Å². The minimum Gasteiger partial charge on any atom is -0.338 e. The number of nitrogens with zero attached hydrogens (tertiary/aromatic N) is 3. The number of carbonyl (C=O) groups is 1. The van der Waals surface area contributed by atoms with Gasteiger partial charge in [0, 0.05) is 5.56 Å². The first-order valence-electron chi connectivity index (χ1n) is 6.49. The Morgan fingerprint density at radius 3 is 2.29 bits per heavy atom. The van der Waals surface area contributed by atoms with E-state index in [1.807, 2.05) is 48.5 Å². The van der Waals surface area contributed by atoms with Crippen molar-refractivity contribution in [3.05, 3.63) is 77.6 Å². The molecule has 0 fully saturated rings. The summed E-state index contributed by atoms with van der Waals surface area (Å²) in [5.74, 6) is 0.236. The summed E-state index contributed by atoms with van der Waals surface area (Å²) in [5, 5.41) is 16.9. The smallest absolute Gasteiger partial charge is 0.252 e. The molecule has 2 N–H and O–H groups in total. The number of benzene rings is 2. The van der Waals surface area contributed by atoms with Crippen LogP contribution in [0.2, 0.25) is 0 Å². The minimum atomic E-state index is -0.447. The molecule has 2 aromatic carbocycles. The third-order valence-corrected chi connectivity index (χ3v) is 3.06. The Balaban J connectivity index is 1.89. The quantitative estimate of drug-likeness (QED) is 0.761. The number of H-pyrrole nitrogens is 1. The van der Waals surface area contributed by atoms with Crippen molar-refractivity contribution in [1.29, 1.82) is 0 Å². The molecule has 104 valence electrons. The Morgan fingerprint density at radius 2 is 1.67 bits per heavy atom. The van der Waals surface area contributed by atoms with Crippen LogP contribution >= 0.6 is 0 Å². The Morgan fingerprint density at radius 1 is 1.00 bits per heavy atom. The van der Waals surface area contributed by atoms with Gasteiger partial charge in [-0.05, 0) is 17.7 Å². The molecule has 0 saturated carbocycles. The lowest BCUT2D eigenvalue weighted by Gasteiger charge is -2.15. The van der Waals surface area contributed by atoms with Gasteiger partial charge < -0.3 is 5.32 Å². The van der Waals surface area contributed by atoms with E-state index >= 15 is 0 Å². The van der Waals surface area contributed by atoms with Crippen LogP contribution < -0.4 is 5.32 Å². The summed E-state index contributed by atoms with van der Waals surface area (Å²) in [7, 11) is 0. The summed E-state index contributed by atoms with van der Waals surface area (Å²) in [6.07, 6.45) is 0. The third kappa shape index (κ3) is 2.94. The van der Waals surface area contributed by atoms with Crippen LogP contribution in [-0.4, -0.2) is 26.5 Å². The number of nitrogens with one attached hydrogen (secondary N) is 2. The fourth-order valence-corrected chi connectivity index (χ4v) is 2.04. The van der Waals surface area contributed by atoms with Gasteiger partial charge in [0.15, 0.2) is 0 Å². The molecule has 1 heterocycles. The van der Waals surface area contributed by atoms with E-state index in [1.165, 1.54) is 0 Å². The van der Waals surface area contributed by atoms with Gasteiger partial charge in [0.25, 0.3) is 5.91 Å². The fraction of sp³-hybridized carbons (Fsp3) is 0.0667. The van der Waals surface area contributed by atoms with Crippen molar-refractivity contribution in [1.82, 2.24) is 25.9 Å². The number of hydrogen-bond donors (Lipinski definition) is 2. The first kappa shape index (κ1) is 13.0. The van der Waals surface area contributed by atoms with Crippen LogP contribution in [0.25, 0.3) is 0 Å². The summed E-state index contributed by atoms with van der Waals surface area (Å²) in [6, 6.07) is 18.1. The van der Waals surface area contributed by atoms with E-state index in [-0.39, 0.29) is 5.91 Å². The van der Waals surface area contributed by atoms with Gasteiger partial charge in [-0.1, -0.05) is 53.7 Å². The molecule has 0 saturated heterocycles. The molecule has 3 rings (SSSR count). The van der Waals surface area contributed by atoms with E-state index in [1.54, 1.807) is 12.1 Å². The zero-order valence-corrected chi connectivity index (χ0v) is 11.1. The molecule has 3 aromatic rings. The van der Waals surface area contributed by atoms with Gasteiger partial charge in [0.05, 0.1) is 0 Å². The number of rotatable bonds is 4. The van der Waals surface area contributed by atoms with E-state index in [2.05, 4.69) is 25.9 Å². The maximum Gasteiger partial charge on any atom is 0.252 e. The average Bonchev–Trinajstić information content (AvgIpc) is 3.08. The number of amides is 1. The Kier molecular flexibility index (Phi) is 3.68. The second-order valence-electron chi connectivity index (χ2n) is 4.45. The lowest BCUT2D eigenvalue weighted by Crippen LogP contribution is -2.30. The van der Waals surface area contributed by atoms with Crippen molar-refractivity contribution < 1.29 is 4.79 Å². The highest BCUT2D eigenvalue weighted by molar-refractivity contribution is 5.94. The lowest BCUT2D eigenvalue weighted by molar-refractivity contribution is 0.0941. The number of aromatic amines is 1. The molecule has 6 nitrogen and oxygen atoms in total. The fourth-order valence-electron chi connectivity index (χ4n) is 2.04. The second kappa shape index (κ2) is 5.96. The van der Waals surface area contributed by atoms with Crippen molar-refractivity contribution in [2.24, 2.45) is 0 Å². The molecule has 1 atom stereocenters. The van der Waals surface area contributed by atoms with Crippen LogP contribution in [0.4, 0.5) is 0 Å². The number of tetrazole rings is 1. The van der Waals surface area contributed by atoms with Gasteiger partial charge >= 0.3 is 0 Å². The second-order valence-corrected chi connectivity index (χ2v) is 4.45. The van der Waals surface area contributed by atoms with Crippen molar-refractivity contribution in [2.45, 2.75) is 6.04 Å². The van der Waals surface area contributed by atoms with Gasteiger partial charge in [-0.15, -0.1) is 10.2 Å². The zero-order chi connectivity index (χ0) is 14.5. The van der Waals surface area contributed by atoms with Crippen LogP contribution in [0.1, 0.15) is 27.8 Å². The predicted molar refractivity (Wildman–Crippen MR) is 76.4 cm³/mol. The topological polar surface area (TPSA) is 83.6 Å². The molecule has 0 unspecified atom stereocenters. The number of aromatic nitrogens is 4. The predicted octanol–water partition coefficient (Wildman–Crippen LogP) is 1.72. The Bertz CT molecular complexity index is 697. The number of carbonyl (C=O) groups excluding carboxylic acids is 1. The molecule has 0 spiro atoms. The van der Waals surface area contributed by atoms with Crippen LogP contribution in [0.5, 0.6) is 0 Å². The van der Waals surface area contributed by atoms with Crippen molar-refractivity contribution in [2.75, 3.05) is 0 Å². The van der Waals surface area contributed by atoms with Crippen molar-refractivity contribution in [3.8, 4) is 0 Å². The monoisotopic (exact) mass is 279 g/mol. The molecule has 0 bridgehead atoms. The molecule has 6 heteroatoms. The van der Waals surface area contributed by atoms with Gasteiger partial charge in [-0.2, -0.15) is 5.21 Å². The summed E-state index contributed by atoms with van der Waals surface area (Å²) in [4.78, 5) is 12.3. The molecule has 0 aliphatic rings. The number of hydrogen-bond acceptors (Lipinski definition) is 4. The zero-order valence-electron chi connectivity index (χ0n) is 11.1. The summed E-state index contributed by atoms with van der Waals surface area (Å²) in [5.41, 5.74) is 1.48. The first-order valence-corrected chi connectivity index (χ1v) is 6.49. The van der Waals surface area contributed by atoms with E-state index in [4.69, 9.17) is 0 Å². The summed E-state index contributed by atoms with van der Waals surface area (Å²) in [6.45, 7) is 0. The summed E-state index contributed by atoms with van der Waals surface area (Å²) >= 11 is 0. The molecular weight excluding hydrogens is 266 g/mol. The Labute approximate surface area is 121 Å². The normalized spacial score (nSPS) is 11.8.